The van der Waals surface area contributed by atoms with Crippen molar-refractivity contribution in [2.45, 2.75) is 13.5 Å². The molecular weight excluding hydrogens is 394 g/mol. The van der Waals surface area contributed by atoms with E-state index < -0.39 is 5.91 Å². The van der Waals surface area contributed by atoms with Gasteiger partial charge in [0.2, 0.25) is 0 Å². The zero-order valence-electron chi connectivity index (χ0n) is 16.7. The van der Waals surface area contributed by atoms with Crippen molar-refractivity contribution in [1.29, 1.82) is 0 Å². The van der Waals surface area contributed by atoms with E-state index in [0.717, 1.165) is 16.7 Å². The number of aromatic nitrogens is 4. The Balaban J connectivity index is 1.49. The molecule has 8 nitrogen and oxygen atoms in total. The Morgan fingerprint density at radius 1 is 0.935 bits per heavy atom. The summed E-state index contributed by atoms with van der Waals surface area (Å²) in [6, 6.07) is 20.5. The topological polar surface area (TPSA) is 110 Å². The van der Waals surface area contributed by atoms with Crippen LogP contribution < -0.4 is 16.4 Å². The highest BCUT2D eigenvalue weighted by atomic mass is 16.2. The second kappa shape index (κ2) is 8.58. The fourth-order valence-electron chi connectivity index (χ4n) is 2.97. The summed E-state index contributed by atoms with van der Waals surface area (Å²) in [6.07, 6.45) is 0. The van der Waals surface area contributed by atoms with E-state index in [9.17, 15) is 14.4 Å². The Morgan fingerprint density at radius 2 is 1.68 bits per heavy atom. The minimum Gasteiger partial charge on any atom is -0.321 e. The van der Waals surface area contributed by atoms with Crippen LogP contribution in [0.2, 0.25) is 0 Å². The number of aromatic amines is 1. The number of amides is 1. The van der Waals surface area contributed by atoms with Crippen LogP contribution in [-0.2, 0) is 6.54 Å². The molecule has 0 radical (unpaired) electrons. The molecule has 4 rings (SSSR count). The molecule has 0 spiro atoms. The van der Waals surface area contributed by atoms with Crippen LogP contribution in [0.25, 0.3) is 11.3 Å². The van der Waals surface area contributed by atoms with Gasteiger partial charge in [-0.15, -0.1) is 0 Å². The minimum absolute atomic E-state index is 0.137. The monoisotopic (exact) mass is 413 g/mol. The molecule has 0 fully saturated rings. The SMILES string of the molecule is Cc1ccc(Cn2nc(C(=O)Nc3ccc(-c4ccc(=O)[nH]n4)cc3)ccc2=O)cc1. The highest BCUT2D eigenvalue weighted by molar-refractivity contribution is 6.02. The molecule has 2 aromatic heterocycles. The van der Waals surface area contributed by atoms with Crippen LogP contribution in [0.3, 0.4) is 0 Å². The third kappa shape index (κ3) is 4.81. The average molecular weight is 413 g/mol. The van der Waals surface area contributed by atoms with Crippen molar-refractivity contribution in [3.63, 3.8) is 0 Å². The van der Waals surface area contributed by atoms with Crippen molar-refractivity contribution in [2.24, 2.45) is 0 Å². The van der Waals surface area contributed by atoms with E-state index in [2.05, 4.69) is 20.6 Å². The number of benzene rings is 2. The fourth-order valence-corrected chi connectivity index (χ4v) is 2.97. The zero-order chi connectivity index (χ0) is 21.8. The number of hydrogen-bond donors (Lipinski definition) is 2. The molecule has 0 saturated carbocycles. The van der Waals surface area contributed by atoms with Crippen LogP contribution in [0.5, 0.6) is 0 Å². The molecule has 0 bridgehead atoms. The van der Waals surface area contributed by atoms with Crippen LogP contribution in [0.15, 0.2) is 82.4 Å². The molecule has 0 aliphatic heterocycles. The summed E-state index contributed by atoms with van der Waals surface area (Å²) in [7, 11) is 0. The lowest BCUT2D eigenvalue weighted by Gasteiger charge is -2.09. The summed E-state index contributed by atoms with van der Waals surface area (Å²) < 4.78 is 1.27. The number of rotatable bonds is 5. The maximum atomic E-state index is 12.6. The lowest BCUT2D eigenvalue weighted by atomic mass is 10.1. The van der Waals surface area contributed by atoms with Gasteiger partial charge in [0.05, 0.1) is 12.2 Å². The van der Waals surface area contributed by atoms with E-state index in [1.54, 1.807) is 30.3 Å². The van der Waals surface area contributed by atoms with E-state index in [0.29, 0.717) is 11.4 Å². The fraction of sp³-hybridized carbons (Fsp3) is 0.0870. The average Bonchev–Trinajstić information content (AvgIpc) is 2.78. The predicted molar refractivity (Wildman–Crippen MR) is 117 cm³/mol. The van der Waals surface area contributed by atoms with E-state index in [-0.39, 0.29) is 23.4 Å². The lowest BCUT2D eigenvalue weighted by Crippen LogP contribution is -2.26. The number of carbonyl (C=O) groups is 1. The summed E-state index contributed by atoms with van der Waals surface area (Å²) in [6.45, 7) is 2.27. The van der Waals surface area contributed by atoms with E-state index >= 15 is 0 Å². The second-order valence-electron chi connectivity index (χ2n) is 7.04. The maximum Gasteiger partial charge on any atom is 0.276 e. The number of anilines is 1. The number of nitrogens with zero attached hydrogens (tertiary/aromatic N) is 3. The van der Waals surface area contributed by atoms with Crippen molar-refractivity contribution in [1.82, 2.24) is 20.0 Å². The highest BCUT2D eigenvalue weighted by Crippen LogP contribution is 2.18. The van der Waals surface area contributed by atoms with E-state index in [1.807, 2.05) is 31.2 Å². The molecule has 1 amide bonds. The Kier molecular flexibility index (Phi) is 5.53. The molecule has 0 aliphatic carbocycles. The van der Waals surface area contributed by atoms with Crippen molar-refractivity contribution < 1.29 is 4.79 Å². The standard InChI is InChI=1S/C23H19N5O3/c1-15-2-4-16(5-3-15)14-28-22(30)13-11-20(27-28)23(31)24-18-8-6-17(7-9-18)19-10-12-21(29)26-25-19/h2-13H,14H2,1H3,(H,24,31)(H,26,29). The summed E-state index contributed by atoms with van der Waals surface area (Å²) >= 11 is 0. The molecule has 0 atom stereocenters. The molecule has 0 saturated heterocycles. The van der Waals surface area contributed by atoms with Gasteiger partial charge in [-0.2, -0.15) is 10.2 Å². The van der Waals surface area contributed by atoms with Crippen LogP contribution in [0.1, 0.15) is 21.6 Å². The number of hydrogen-bond acceptors (Lipinski definition) is 5. The molecule has 2 heterocycles. The first kappa shape index (κ1) is 20.0. The first-order valence-electron chi connectivity index (χ1n) is 9.59. The molecular formula is C23H19N5O3. The van der Waals surface area contributed by atoms with Crippen molar-refractivity contribution in [3.8, 4) is 11.3 Å². The highest BCUT2D eigenvalue weighted by Gasteiger charge is 2.11. The molecule has 154 valence electrons. The summed E-state index contributed by atoms with van der Waals surface area (Å²) in [5.41, 5.74) is 3.60. The Bertz CT molecular complexity index is 1320. The van der Waals surface area contributed by atoms with Crippen LogP contribution in [-0.4, -0.2) is 25.9 Å². The summed E-state index contributed by atoms with van der Waals surface area (Å²) in [4.78, 5) is 35.9. The van der Waals surface area contributed by atoms with Crippen molar-refractivity contribution in [3.05, 3.63) is 110 Å². The minimum atomic E-state index is -0.424. The number of carbonyl (C=O) groups excluding carboxylic acids is 1. The Labute approximate surface area is 177 Å². The predicted octanol–water partition coefficient (Wildman–Crippen LogP) is 2.60. The van der Waals surface area contributed by atoms with Crippen LogP contribution in [0, 0.1) is 6.92 Å². The summed E-state index contributed by atoms with van der Waals surface area (Å²) in [5, 5.41) is 13.3. The Hall–Kier alpha value is -4.33. The van der Waals surface area contributed by atoms with Gasteiger partial charge in [-0.3, -0.25) is 14.4 Å². The zero-order valence-corrected chi connectivity index (χ0v) is 16.7. The molecule has 2 N–H and O–H groups in total. The maximum absolute atomic E-state index is 12.6. The van der Waals surface area contributed by atoms with Gasteiger partial charge in [0.25, 0.3) is 17.0 Å². The van der Waals surface area contributed by atoms with Gasteiger partial charge in [-0.1, -0.05) is 42.0 Å². The third-order valence-electron chi connectivity index (χ3n) is 4.67. The molecule has 0 unspecified atom stereocenters. The van der Waals surface area contributed by atoms with Crippen molar-refractivity contribution in [2.75, 3.05) is 5.32 Å². The lowest BCUT2D eigenvalue weighted by molar-refractivity contribution is 0.102. The van der Waals surface area contributed by atoms with Gasteiger partial charge < -0.3 is 5.32 Å². The Morgan fingerprint density at radius 3 is 2.35 bits per heavy atom. The molecule has 31 heavy (non-hydrogen) atoms. The quantitative estimate of drug-likeness (QED) is 0.523. The van der Waals surface area contributed by atoms with Gasteiger partial charge in [0.1, 0.15) is 5.69 Å². The van der Waals surface area contributed by atoms with Gasteiger partial charge in [-0.05, 0) is 36.8 Å². The molecule has 2 aromatic carbocycles. The molecule has 4 aromatic rings. The van der Waals surface area contributed by atoms with Crippen molar-refractivity contribution >= 4 is 11.6 Å². The second-order valence-corrected chi connectivity index (χ2v) is 7.04. The van der Waals surface area contributed by atoms with Gasteiger partial charge >= 0.3 is 0 Å². The van der Waals surface area contributed by atoms with Crippen LogP contribution in [0.4, 0.5) is 5.69 Å². The first-order chi connectivity index (χ1) is 15.0. The van der Waals surface area contributed by atoms with Crippen LogP contribution >= 0.6 is 0 Å². The first-order valence-corrected chi connectivity index (χ1v) is 9.59. The van der Waals surface area contributed by atoms with E-state index in [1.165, 1.54) is 22.9 Å². The normalized spacial score (nSPS) is 10.6. The third-order valence-corrected chi connectivity index (χ3v) is 4.67. The number of aryl methyl sites for hydroxylation is 1. The summed E-state index contributed by atoms with van der Waals surface area (Å²) in [5.74, 6) is -0.424. The molecule has 8 heteroatoms. The van der Waals surface area contributed by atoms with E-state index in [4.69, 9.17) is 0 Å². The number of H-pyrrole nitrogens is 1. The van der Waals surface area contributed by atoms with Gasteiger partial charge in [-0.25, -0.2) is 9.78 Å². The van der Waals surface area contributed by atoms with Gasteiger partial charge in [0, 0.05) is 23.4 Å². The number of nitrogens with one attached hydrogen (secondary N) is 2. The molecule has 0 aliphatic rings. The smallest absolute Gasteiger partial charge is 0.276 e. The van der Waals surface area contributed by atoms with Gasteiger partial charge in [0.15, 0.2) is 0 Å². The largest absolute Gasteiger partial charge is 0.321 e.